The van der Waals surface area contributed by atoms with E-state index >= 15 is 0 Å². The summed E-state index contributed by atoms with van der Waals surface area (Å²) in [5, 5.41) is 5.14. The van der Waals surface area contributed by atoms with Gasteiger partial charge in [0.15, 0.2) is 11.5 Å². The van der Waals surface area contributed by atoms with Crippen LogP contribution in [0.5, 0.6) is 11.5 Å². The Balaban J connectivity index is 1.51. The van der Waals surface area contributed by atoms with Gasteiger partial charge in [0.1, 0.15) is 11.6 Å². The molecule has 1 aromatic heterocycles. The highest BCUT2D eigenvalue weighted by Gasteiger charge is 2.17. The number of fused-ring (bicyclic) bond motifs is 1. The quantitative estimate of drug-likeness (QED) is 0.713. The topological polar surface area (TPSA) is 89.8 Å². The number of furan rings is 1. The van der Waals surface area contributed by atoms with Crippen molar-refractivity contribution in [3.05, 3.63) is 71.4 Å². The second-order valence-corrected chi connectivity index (χ2v) is 6.06. The predicted octanol–water partition coefficient (Wildman–Crippen LogP) is 3.96. The summed E-state index contributed by atoms with van der Waals surface area (Å²) < 4.78 is 29.7. The van der Waals surface area contributed by atoms with Gasteiger partial charge in [-0.25, -0.2) is 4.39 Å². The van der Waals surface area contributed by atoms with E-state index in [1.54, 1.807) is 25.1 Å². The molecule has 28 heavy (non-hydrogen) atoms. The van der Waals surface area contributed by atoms with Crippen molar-refractivity contribution < 1.29 is 27.9 Å². The van der Waals surface area contributed by atoms with E-state index in [2.05, 4.69) is 10.6 Å². The van der Waals surface area contributed by atoms with E-state index in [0.717, 1.165) is 6.07 Å². The number of amides is 2. The summed E-state index contributed by atoms with van der Waals surface area (Å²) >= 11 is 0. The van der Waals surface area contributed by atoms with Gasteiger partial charge in [0.25, 0.3) is 11.8 Å². The van der Waals surface area contributed by atoms with Crippen molar-refractivity contribution in [3.63, 3.8) is 0 Å². The monoisotopic (exact) mass is 382 g/mol. The minimum Gasteiger partial charge on any atom is -0.469 e. The van der Waals surface area contributed by atoms with Crippen molar-refractivity contribution in [2.75, 3.05) is 17.4 Å². The fourth-order valence-corrected chi connectivity index (χ4v) is 2.75. The number of carbonyl (C=O) groups is 2. The van der Waals surface area contributed by atoms with E-state index < -0.39 is 17.6 Å². The summed E-state index contributed by atoms with van der Waals surface area (Å²) in [6, 6.07) is 10.2. The highest BCUT2D eigenvalue weighted by Crippen LogP contribution is 2.32. The van der Waals surface area contributed by atoms with E-state index in [1.165, 1.54) is 24.5 Å². The van der Waals surface area contributed by atoms with Crippen LogP contribution in [0.4, 0.5) is 15.8 Å². The number of ether oxygens (including phenoxy) is 2. The van der Waals surface area contributed by atoms with Crippen LogP contribution < -0.4 is 20.1 Å². The maximum Gasteiger partial charge on any atom is 0.259 e. The fourth-order valence-electron chi connectivity index (χ4n) is 2.75. The number of benzene rings is 2. The molecule has 0 aliphatic carbocycles. The molecule has 0 bridgehead atoms. The summed E-state index contributed by atoms with van der Waals surface area (Å²) in [5.41, 5.74) is 0.916. The maximum atomic E-state index is 14.1. The summed E-state index contributed by atoms with van der Waals surface area (Å²) in [4.78, 5) is 24.7. The van der Waals surface area contributed by atoms with Gasteiger partial charge in [0.05, 0.1) is 17.5 Å². The van der Waals surface area contributed by atoms with Gasteiger partial charge in [-0.1, -0.05) is 0 Å². The average molecular weight is 382 g/mol. The molecule has 142 valence electrons. The average Bonchev–Trinajstić information content (AvgIpc) is 3.32. The Bertz CT molecular complexity index is 1080. The zero-order valence-electron chi connectivity index (χ0n) is 14.7. The predicted molar refractivity (Wildman–Crippen MR) is 98.3 cm³/mol. The number of hydrogen-bond donors (Lipinski definition) is 2. The second-order valence-electron chi connectivity index (χ2n) is 6.06. The van der Waals surface area contributed by atoms with Crippen LogP contribution in [-0.2, 0) is 0 Å². The Kier molecular flexibility index (Phi) is 4.44. The molecule has 2 heterocycles. The molecule has 0 saturated heterocycles. The molecular formula is C20H15FN2O5. The SMILES string of the molecule is Cc1occc1C(=O)Nc1cc(NC(=O)c2ccc3c(c2)OCO3)ccc1F. The Morgan fingerprint density at radius 1 is 0.964 bits per heavy atom. The normalized spacial score (nSPS) is 11.9. The number of anilines is 2. The Hall–Kier alpha value is -3.81. The van der Waals surface area contributed by atoms with Gasteiger partial charge in [0, 0.05) is 11.3 Å². The molecule has 2 N–H and O–H groups in total. The van der Waals surface area contributed by atoms with Crippen molar-refractivity contribution in [1.82, 2.24) is 0 Å². The lowest BCUT2D eigenvalue weighted by Crippen LogP contribution is -2.15. The van der Waals surface area contributed by atoms with Gasteiger partial charge in [-0.3, -0.25) is 9.59 Å². The van der Waals surface area contributed by atoms with Gasteiger partial charge < -0.3 is 24.5 Å². The number of hydrogen-bond acceptors (Lipinski definition) is 5. The van der Waals surface area contributed by atoms with E-state index in [4.69, 9.17) is 13.9 Å². The van der Waals surface area contributed by atoms with Gasteiger partial charge in [0.2, 0.25) is 6.79 Å². The van der Waals surface area contributed by atoms with Crippen LogP contribution in [0.3, 0.4) is 0 Å². The lowest BCUT2D eigenvalue weighted by atomic mass is 10.1. The molecule has 0 radical (unpaired) electrons. The highest BCUT2D eigenvalue weighted by atomic mass is 19.1. The number of carbonyl (C=O) groups excluding carboxylic acids is 2. The molecule has 2 aromatic carbocycles. The first-order valence-corrected chi connectivity index (χ1v) is 8.37. The van der Waals surface area contributed by atoms with Crippen molar-refractivity contribution >= 4 is 23.2 Å². The first kappa shape index (κ1) is 17.6. The molecule has 7 nitrogen and oxygen atoms in total. The third-order valence-electron chi connectivity index (χ3n) is 4.21. The molecule has 0 atom stereocenters. The molecule has 0 fully saturated rings. The molecule has 3 aromatic rings. The molecule has 0 spiro atoms. The summed E-state index contributed by atoms with van der Waals surface area (Å²) in [6.07, 6.45) is 1.38. The van der Waals surface area contributed by atoms with Gasteiger partial charge in [-0.2, -0.15) is 0 Å². The molecule has 1 aliphatic heterocycles. The Morgan fingerprint density at radius 2 is 1.79 bits per heavy atom. The van der Waals surface area contributed by atoms with Crippen molar-refractivity contribution in [2.24, 2.45) is 0 Å². The Morgan fingerprint density at radius 3 is 2.57 bits per heavy atom. The summed E-state index contributed by atoms with van der Waals surface area (Å²) in [6.45, 7) is 1.74. The highest BCUT2D eigenvalue weighted by molar-refractivity contribution is 6.07. The lowest BCUT2D eigenvalue weighted by molar-refractivity contribution is 0.101. The van der Waals surface area contributed by atoms with E-state index in [0.29, 0.717) is 34.1 Å². The molecule has 4 rings (SSSR count). The van der Waals surface area contributed by atoms with Crippen LogP contribution in [0.2, 0.25) is 0 Å². The minimum absolute atomic E-state index is 0.0610. The lowest BCUT2D eigenvalue weighted by Gasteiger charge is -2.10. The van der Waals surface area contributed by atoms with E-state index in [9.17, 15) is 14.0 Å². The first-order chi connectivity index (χ1) is 13.5. The number of rotatable bonds is 4. The van der Waals surface area contributed by atoms with Crippen LogP contribution in [-0.4, -0.2) is 18.6 Å². The second kappa shape index (κ2) is 7.07. The third-order valence-corrected chi connectivity index (χ3v) is 4.21. The smallest absolute Gasteiger partial charge is 0.259 e. The molecule has 1 aliphatic rings. The molecule has 2 amide bonds. The van der Waals surface area contributed by atoms with Crippen molar-refractivity contribution in [1.29, 1.82) is 0 Å². The fraction of sp³-hybridized carbons (Fsp3) is 0.100. The van der Waals surface area contributed by atoms with Crippen LogP contribution in [0, 0.1) is 12.7 Å². The van der Waals surface area contributed by atoms with Crippen LogP contribution >= 0.6 is 0 Å². The molecule has 0 unspecified atom stereocenters. The van der Waals surface area contributed by atoms with Crippen LogP contribution in [0.25, 0.3) is 0 Å². The number of aryl methyl sites for hydroxylation is 1. The van der Waals surface area contributed by atoms with E-state index in [1.807, 2.05) is 0 Å². The molecule has 0 saturated carbocycles. The van der Waals surface area contributed by atoms with Gasteiger partial charge >= 0.3 is 0 Å². The standard InChI is InChI=1S/C20H15FN2O5/c1-11-14(6-7-26-11)20(25)23-16-9-13(3-4-15(16)21)22-19(24)12-2-5-17-18(8-12)28-10-27-17/h2-9H,10H2,1H3,(H,22,24)(H,23,25). The summed E-state index contributed by atoms with van der Waals surface area (Å²) in [7, 11) is 0. The summed E-state index contributed by atoms with van der Waals surface area (Å²) in [5.74, 6) is -0.0777. The minimum atomic E-state index is -0.629. The Labute approximate surface area is 159 Å². The zero-order chi connectivity index (χ0) is 19.7. The van der Waals surface area contributed by atoms with Crippen LogP contribution in [0.1, 0.15) is 26.5 Å². The molecular weight excluding hydrogens is 367 g/mol. The largest absolute Gasteiger partial charge is 0.469 e. The number of halogens is 1. The van der Waals surface area contributed by atoms with Crippen LogP contribution in [0.15, 0.2) is 53.1 Å². The first-order valence-electron chi connectivity index (χ1n) is 8.37. The van der Waals surface area contributed by atoms with Crippen molar-refractivity contribution in [2.45, 2.75) is 6.92 Å². The number of nitrogens with one attached hydrogen (secondary N) is 2. The van der Waals surface area contributed by atoms with Gasteiger partial charge in [-0.05, 0) is 49.4 Å². The van der Waals surface area contributed by atoms with Crippen molar-refractivity contribution in [3.8, 4) is 11.5 Å². The molecule has 8 heteroatoms. The zero-order valence-corrected chi connectivity index (χ0v) is 14.7. The van der Waals surface area contributed by atoms with E-state index in [-0.39, 0.29) is 12.5 Å². The van der Waals surface area contributed by atoms with Gasteiger partial charge in [-0.15, -0.1) is 0 Å². The third kappa shape index (κ3) is 3.39. The maximum absolute atomic E-state index is 14.1.